The van der Waals surface area contributed by atoms with Crippen molar-refractivity contribution in [1.29, 1.82) is 5.26 Å². The van der Waals surface area contributed by atoms with Crippen molar-refractivity contribution in [2.45, 2.75) is 31.4 Å². The molecule has 1 heterocycles. The average Bonchev–Trinajstić information content (AvgIpc) is 2.07. The van der Waals surface area contributed by atoms with Gasteiger partial charge in [-0.2, -0.15) is 5.26 Å². The van der Waals surface area contributed by atoms with Gasteiger partial charge in [-0.25, -0.2) is 0 Å². The Morgan fingerprint density at radius 1 is 1.64 bits per heavy atom. The lowest BCUT2D eigenvalue weighted by atomic mass is 10.0. The maximum absolute atomic E-state index is 8.40. The Bertz CT molecular complexity index is 149. The summed E-state index contributed by atoms with van der Waals surface area (Å²) in [5, 5.41) is 11.6. The molecular formula is C7H13BN2O. The lowest BCUT2D eigenvalue weighted by Gasteiger charge is -2.27. The first kappa shape index (κ1) is 8.57. The van der Waals surface area contributed by atoms with Crippen LogP contribution in [-0.2, 0) is 4.74 Å². The van der Waals surface area contributed by atoms with Crippen LogP contribution in [0, 0.1) is 11.3 Å². The van der Waals surface area contributed by atoms with Gasteiger partial charge in [0.2, 0.25) is 0 Å². The summed E-state index contributed by atoms with van der Waals surface area (Å²) in [5.74, 6) is 0. The molecule has 0 saturated carbocycles. The van der Waals surface area contributed by atoms with Crippen molar-refractivity contribution in [3.05, 3.63) is 0 Å². The van der Waals surface area contributed by atoms with E-state index in [4.69, 9.17) is 10.00 Å². The molecule has 0 aromatic carbocycles. The fraction of sp³-hybridized carbons (Fsp3) is 0.857. The largest absolute Gasteiger partial charge is 0.376 e. The predicted molar refractivity (Wildman–Crippen MR) is 44.7 cm³/mol. The molecule has 0 radical (unpaired) electrons. The molecule has 4 heteroatoms. The van der Waals surface area contributed by atoms with Gasteiger partial charge in [0, 0.05) is 6.04 Å². The monoisotopic (exact) mass is 152 g/mol. The lowest BCUT2D eigenvalue weighted by Crippen LogP contribution is -2.38. The molecule has 1 aliphatic heterocycles. The number of nitrogens with zero attached hydrogens (tertiary/aromatic N) is 1. The maximum Gasteiger partial charge on any atom is 0.182 e. The van der Waals surface area contributed by atoms with Crippen LogP contribution in [0.15, 0.2) is 0 Å². The number of ether oxygens (including phenoxy) is 1. The third kappa shape index (κ3) is 2.53. The standard InChI is InChI=1S/C7H13BN2O/c8-10-6-1-2-7(3-4-9)11-5-6/h6-7,10H,1-3,5,8H2/t6-,7?/m0/s1. The van der Waals surface area contributed by atoms with E-state index in [2.05, 4.69) is 11.3 Å². The third-order valence-corrected chi connectivity index (χ3v) is 2.10. The number of nitrogens with one attached hydrogen (secondary N) is 1. The second-order valence-electron chi connectivity index (χ2n) is 2.88. The topological polar surface area (TPSA) is 45.0 Å². The normalized spacial score (nSPS) is 31.2. The summed E-state index contributed by atoms with van der Waals surface area (Å²) in [4.78, 5) is 0. The van der Waals surface area contributed by atoms with Gasteiger partial charge in [0.05, 0.1) is 25.2 Å². The Morgan fingerprint density at radius 2 is 2.45 bits per heavy atom. The summed E-state index contributed by atoms with van der Waals surface area (Å²) in [7, 11) is 1.94. The summed E-state index contributed by atoms with van der Waals surface area (Å²) in [6.07, 6.45) is 2.86. The van der Waals surface area contributed by atoms with Crippen molar-refractivity contribution in [2.75, 3.05) is 6.61 Å². The van der Waals surface area contributed by atoms with Crippen molar-refractivity contribution in [2.24, 2.45) is 0 Å². The molecule has 60 valence electrons. The first-order chi connectivity index (χ1) is 5.36. The van der Waals surface area contributed by atoms with Gasteiger partial charge in [0.15, 0.2) is 7.98 Å². The number of rotatable bonds is 2. The quantitative estimate of drug-likeness (QED) is 0.547. The molecule has 1 unspecified atom stereocenters. The summed E-state index contributed by atoms with van der Waals surface area (Å²) in [6, 6.07) is 2.62. The van der Waals surface area contributed by atoms with Gasteiger partial charge in [-0.1, -0.05) is 0 Å². The Morgan fingerprint density at radius 3 is 2.91 bits per heavy atom. The molecule has 0 aliphatic carbocycles. The van der Waals surface area contributed by atoms with Crippen LogP contribution in [0.3, 0.4) is 0 Å². The van der Waals surface area contributed by atoms with E-state index in [1.165, 1.54) is 0 Å². The lowest BCUT2D eigenvalue weighted by molar-refractivity contribution is 0.00531. The van der Waals surface area contributed by atoms with Gasteiger partial charge in [-0.15, -0.1) is 0 Å². The number of hydrogen-bond acceptors (Lipinski definition) is 3. The van der Waals surface area contributed by atoms with Crippen molar-refractivity contribution in [3.63, 3.8) is 0 Å². The van der Waals surface area contributed by atoms with Gasteiger partial charge < -0.3 is 9.96 Å². The SMILES string of the molecule is BN[C@H]1CCC(CC#N)OC1. The van der Waals surface area contributed by atoms with Crippen LogP contribution in [0.4, 0.5) is 0 Å². The Balaban J connectivity index is 2.20. The van der Waals surface area contributed by atoms with Crippen LogP contribution in [0.1, 0.15) is 19.3 Å². The highest BCUT2D eigenvalue weighted by Crippen LogP contribution is 2.15. The summed E-state index contributed by atoms with van der Waals surface area (Å²) >= 11 is 0. The van der Waals surface area contributed by atoms with Crippen LogP contribution >= 0.6 is 0 Å². The first-order valence-electron chi connectivity index (χ1n) is 4.02. The highest BCUT2D eigenvalue weighted by atomic mass is 16.5. The van der Waals surface area contributed by atoms with E-state index in [0.29, 0.717) is 12.5 Å². The molecule has 0 bridgehead atoms. The molecule has 0 amide bonds. The van der Waals surface area contributed by atoms with Crippen molar-refractivity contribution in [1.82, 2.24) is 5.23 Å². The third-order valence-electron chi connectivity index (χ3n) is 2.10. The smallest absolute Gasteiger partial charge is 0.182 e. The van der Waals surface area contributed by atoms with Crippen molar-refractivity contribution < 1.29 is 4.74 Å². The van der Waals surface area contributed by atoms with Crippen LogP contribution in [0.5, 0.6) is 0 Å². The molecule has 1 fully saturated rings. The van der Waals surface area contributed by atoms with E-state index in [1.54, 1.807) is 0 Å². The molecule has 2 atom stereocenters. The molecule has 0 aromatic rings. The summed E-state index contributed by atoms with van der Waals surface area (Å²) in [6.45, 7) is 0.753. The minimum Gasteiger partial charge on any atom is -0.376 e. The fourth-order valence-corrected chi connectivity index (χ4v) is 1.30. The highest BCUT2D eigenvalue weighted by molar-refractivity contribution is 6.04. The average molecular weight is 152 g/mol. The fourth-order valence-electron chi connectivity index (χ4n) is 1.30. The second kappa shape index (κ2) is 4.37. The van der Waals surface area contributed by atoms with E-state index in [0.717, 1.165) is 19.4 Å². The number of hydrogen-bond donors (Lipinski definition) is 1. The number of nitriles is 1. The van der Waals surface area contributed by atoms with Crippen LogP contribution in [0.2, 0.25) is 0 Å². The van der Waals surface area contributed by atoms with Gasteiger partial charge >= 0.3 is 0 Å². The van der Waals surface area contributed by atoms with Crippen LogP contribution in [0.25, 0.3) is 0 Å². The molecule has 1 N–H and O–H groups in total. The molecule has 0 spiro atoms. The van der Waals surface area contributed by atoms with E-state index in [9.17, 15) is 0 Å². The second-order valence-corrected chi connectivity index (χ2v) is 2.88. The molecule has 3 nitrogen and oxygen atoms in total. The minimum atomic E-state index is 0.185. The van der Waals surface area contributed by atoms with Gasteiger partial charge in [0.1, 0.15) is 0 Å². The zero-order chi connectivity index (χ0) is 8.10. The van der Waals surface area contributed by atoms with Crippen molar-refractivity contribution in [3.8, 4) is 6.07 Å². The van der Waals surface area contributed by atoms with E-state index in [1.807, 2.05) is 7.98 Å². The zero-order valence-electron chi connectivity index (χ0n) is 6.84. The predicted octanol–water partition coefficient (Wildman–Crippen LogP) is -0.415. The Labute approximate surface area is 68.2 Å². The summed E-state index contributed by atoms with van der Waals surface area (Å²) in [5.41, 5.74) is 0. The molecule has 1 rings (SSSR count). The van der Waals surface area contributed by atoms with E-state index < -0.39 is 0 Å². The van der Waals surface area contributed by atoms with Gasteiger partial charge in [-0.3, -0.25) is 0 Å². The van der Waals surface area contributed by atoms with E-state index >= 15 is 0 Å². The zero-order valence-corrected chi connectivity index (χ0v) is 6.84. The Kier molecular flexibility index (Phi) is 3.41. The van der Waals surface area contributed by atoms with Gasteiger partial charge in [0.25, 0.3) is 0 Å². The maximum atomic E-state index is 8.40. The van der Waals surface area contributed by atoms with Crippen molar-refractivity contribution >= 4 is 7.98 Å². The molecule has 1 saturated heterocycles. The van der Waals surface area contributed by atoms with E-state index in [-0.39, 0.29) is 6.10 Å². The minimum absolute atomic E-state index is 0.185. The molecule has 1 aliphatic rings. The molecule has 0 aromatic heterocycles. The molecular weight excluding hydrogens is 139 g/mol. The van der Waals surface area contributed by atoms with Crippen LogP contribution < -0.4 is 5.23 Å². The first-order valence-corrected chi connectivity index (χ1v) is 4.02. The van der Waals surface area contributed by atoms with Gasteiger partial charge in [-0.05, 0) is 12.8 Å². The summed E-state index contributed by atoms with van der Waals surface area (Å²) < 4.78 is 5.44. The molecule has 11 heavy (non-hydrogen) atoms. The Hall–Kier alpha value is -0.525. The highest BCUT2D eigenvalue weighted by Gasteiger charge is 2.19. The van der Waals surface area contributed by atoms with Crippen LogP contribution in [-0.4, -0.2) is 26.7 Å².